The maximum Gasteiger partial charge on any atom is 0.336 e. The van der Waals surface area contributed by atoms with Crippen LogP contribution in [-0.4, -0.2) is 32.6 Å². The zero-order valence-corrected chi connectivity index (χ0v) is 18.0. The van der Waals surface area contributed by atoms with E-state index in [1.165, 1.54) is 0 Å². The molecular weight excluding hydrogens is 370 g/mol. The van der Waals surface area contributed by atoms with Crippen LogP contribution >= 0.6 is 0 Å². The molecule has 0 radical (unpaired) electrons. The quantitative estimate of drug-likeness (QED) is 0.758. The average molecular weight is 399 g/mol. The van der Waals surface area contributed by atoms with E-state index in [-0.39, 0.29) is 17.8 Å². The van der Waals surface area contributed by atoms with Crippen molar-refractivity contribution in [1.82, 2.24) is 5.32 Å². The van der Waals surface area contributed by atoms with Gasteiger partial charge in [-0.2, -0.15) is 0 Å². The average Bonchev–Trinajstić information content (AvgIpc) is 2.65. The first-order valence-corrected chi connectivity index (χ1v) is 9.85. The van der Waals surface area contributed by atoms with Gasteiger partial charge in [0.2, 0.25) is 0 Å². The van der Waals surface area contributed by atoms with Crippen LogP contribution in [0.25, 0.3) is 0 Å². The second kappa shape index (κ2) is 7.93. The molecule has 0 saturated heterocycles. The van der Waals surface area contributed by atoms with Crippen LogP contribution < -0.4 is 14.8 Å². The highest BCUT2D eigenvalue weighted by molar-refractivity contribution is 6.04. The number of allylic oxidation sites excluding steroid dienone is 3. The lowest BCUT2D eigenvalue weighted by atomic mass is 9.68. The van der Waals surface area contributed by atoms with Crippen LogP contribution in [0.3, 0.4) is 0 Å². The predicted octanol–water partition coefficient (Wildman–Crippen LogP) is 3.87. The van der Waals surface area contributed by atoms with Crippen LogP contribution in [0.2, 0.25) is 0 Å². The van der Waals surface area contributed by atoms with E-state index in [9.17, 15) is 9.59 Å². The summed E-state index contributed by atoms with van der Waals surface area (Å²) in [5.41, 5.74) is 3.19. The molecule has 1 aromatic rings. The Morgan fingerprint density at radius 3 is 2.55 bits per heavy atom. The molecule has 1 aliphatic heterocycles. The van der Waals surface area contributed by atoms with Crippen LogP contribution in [0.5, 0.6) is 11.5 Å². The van der Waals surface area contributed by atoms with Gasteiger partial charge in [0.15, 0.2) is 5.78 Å². The van der Waals surface area contributed by atoms with Crippen molar-refractivity contribution in [2.45, 2.75) is 46.5 Å². The van der Waals surface area contributed by atoms with Crippen molar-refractivity contribution < 1.29 is 23.8 Å². The SMILES string of the molecule is CCOC(=O)C1=C(C)NC2=C(C(=O)CC(C)(C)C2)[C@@H]1c1cc(OC)ccc1OC. The third kappa shape index (κ3) is 3.88. The van der Waals surface area contributed by atoms with E-state index < -0.39 is 11.9 Å². The van der Waals surface area contributed by atoms with Gasteiger partial charge in [-0.1, -0.05) is 13.8 Å². The highest BCUT2D eigenvalue weighted by Crippen LogP contribution is 2.49. The number of dihydropyridines is 1. The number of rotatable bonds is 5. The van der Waals surface area contributed by atoms with Crippen molar-refractivity contribution in [3.05, 3.63) is 46.3 Å². The van der Waals surface area contributed by atoms with Gasteiger partial charge in [-0.15, -0.1) is 0 Å². The Hall–Kier alpha value is -2.76. The molecule has 1 heterocycles. The maximum atomic E-state index is 13.3. The van der Waals surface area contributed by atoms with Crippen molar-refractivity contribution >= 4 is 11.8 Å². The van der Waals surface area contributed by atoms with E-state index in [1.807, 2.05) is 13.0 Å². The Morgan fingerprint density at radius 1 is 1.21 bits per heavy atom. The molecule has 156 valence electrons. The predicted molar refractivity (Wildman–Crippen MR) is 110 cm³/mol. The van der Waals surface area contributed by atoms with E-state index in [0.717, 1.165) is 17.7 Å². The lowest BCUT2D eigenvalue weighted by Crippen LogP contribution is -2.38. The summed E-state index contributed by atoms with van der Waals surface area (Å²) in [5, 5.41) is 3.33. The topological polar surface area (TPSA) is 73.9 Å². The smallest absolute Gasteiger partial charge is 0.336 e. The molecule has 3 rings (SSSR count). The van der Waals surface area contributed by atoms with Crippen molar-refractivity contribution in [3.8, 4) is 11.5 Å². The molecule has 6 heteroatoms. The second-order valence-corrected chi connectivity index (χ2v) is 8.26. The molecule has 0 bridgehead atoms. The summed E-state index contributed by atoms with van der Waals surface area (Å²) in [6, 6.07) is 5.43. The van der Waals surface area contributed by atoms with Crippen LogP contribution in [-0.2, 0) is 14.3 Å². The summed E-state index contributed by atoms with van der Waals surface area (Å²) in [4.78, 5) is 26.2. The summed E-state index contributed by atoms with van der Waals surface area (Å²) >= 11 is 0. The van der Waals surface area contributed by atoms with Gasteiger partial charge in [0, 0.05) is 29.0 Å². The number of Topliss-reactive ketones (excluding diaryl/α,β-unsaturated/α-hetero) is 1. The Kier molecular flexibility index (Phi) is 5.73. The first-order valence-electron chi connectivity index (χ1n) is 9.85. The fourth-order valence-corrected chi connectivity index (χ4v) is 4.29. The Morgan fingerprint density at radius 2 is 1.93 bits per heavy atom. The first kappa shape index (κ1) is 21.0. The lowest BCUT2D eigenvalue weighted by Gasteiger charge is -2.39. The fourth-order valence-electron chi connectivity index (χ4n) is 4.29. The fraction of sp³-hybridized carbons (Fsp3) is 0.478. The number of hydrogen-bond acceptors (Lipinski definition) is 6. The molecule has 0 spiro atoms. The van der Waals surface area contributed by atoms with Gasteiger partial charge >= 0.3 is 5.97 Å². The summed E-state index contributed by atoms with van der Waals surface area (Å²) in [6.07, 6.45) is 1.15. The number of carbonyl (C=O) groups is 2. The van der Waals surface area contributed by atoms with Crippen molar-refractivity contribution in [1.29, 1.82) is 0 Å². The van der Waals surface area contributed by atoms with Gasteiger partial charge < -0.3 is 19.5 Å². The van der Waals surface area contributed by atoms with E-state index in [4.69, 9.17) is 14.2 Å². The van der Waals surface area contributed by atoms with E-state index in [0.29, 0.717) is 34.8 Å². The molecule has 0 unspecified atom stereocenters. The second-order valence-electron chi connectivity index (χ2n) is 8.26. The lowest BCUT2D eigenvalue weighted by molar-refractivity contribution is -0.138. The van der Waals surface area contributed by atoms with Gasteiger partial charge in [-0.05, 0) is 43.9 Å². The molecule has 1 N–H and O–H groups in total. The monoisotopic (exact) mass is 399 g/mol. The molecule has 6 nitrogen and oxygen atoms in total. The first-order chi connectivity index (χ1) is 13.7. The van der Waals surface area contributed by atoms with Crippen molar-refractivity contribution in [3.63, 3.8) is 0 Å². The molecule has 0 amide bonds. The Bertz CT molecular complexity index is 910. The number of ether oxygens (including phenoxy) is 3. The number of esters is 1. The number of nitrogens with one attached hydrogen (secondary N) is 1. The van der Waals surface area contributed by atoms with Gasteiger partial charge in [0.1, 0.15) is 11.5 Å². The number of carbonyl (C=O) groups excluding carboxylic acids is 2. The molecule has 2 aliphatic rings. The van der Waals surface area contributed by atoms with Crippen LogP contribution in [0.15, 0.2) is 40.7 Å². The molecule has 1 atom stereocenters. The molecular formula is C23H29NO5. The van der Waals surface area contributed by atoms with Crippen molar-refractivity contribution in [2.24, 2.45) is 5.41 Å². The third-order valence-electron chi connectivity index (χ3n) is 5.48. The van der Waals surface area contributed by atoms with E-state index in [2.05, 4.69) is 19.2 Å². The molecule has 0 fully saturated rings. The minimum Gasteiger partial charge on any atom is -0.497 e. The minimum atomic E-state index is -0.570. The summed E-state index contributed by atoms with van der Waals surface area (Å²) in [5.74, 6) is 0.256. The van der Waals surface area contributed by atoms with Crippen LogP contribution in [0.1, 0.15) is 52.0 Å². The van der Waals surface area contributed by atoms with Gasteiger partial charge in [-0.3, -0.25) is 4.79 Å². The maximum absolute atomic E-state index is 13.3. The Labute approximate surface area is 171 Å². The minimum absolute atomic E-state index is 0.0351. The molecule has 0 aromatic heterocycles. The Balaban J connectivity index is 2.26. The highest BCUT2D eigenvalue weighted by atomic mass is 16.5. The number of benzene rings is 1. The van der Waals surface area contributed by atoms with Gasteiger partial charge in [0.05, 0.1) is 32.3 Å². The van der Waals surface area contributed by atoms with E-state index >= 15 is 0 Å². The summed E-state index contributed by atoms with van der Waals surface area (Å²) in [6.45, 7) is 8.03. The van der Waals surface area contributed by atoms with E-state index in [1.54, 1.807) is 33.3 Å². The number of methoxy groups -OCH3 is 2. The zero-order chi connectivity index (χ0) is 21.3. The normalized spacial score (nSPS) is 20.8. The van der Waals surface area contributed by atoms with Gasteiger partial charge in [0.25, 0.3) is 0 Å². The van der Waals surface area contributed by atoms with Crippen LogP contribution in [0, 0.1) is 5.41 Å². The van der Waals surface area contributed by atoms with Gasteiger partial charge in [-0.25, -0.2) is 4.79 Å². The summed E-state index contributed by atoms with van der Waals surface area (Å²) in [7, 11) is 3.16. The van der Waals surface area contributed by atoms with Crippen LogP contribution in [0.4, 0.5) is 0 Å². The highest BCUT2D eigenvalue weighted by Gasteiger charge is 2.44. The molecule has 0 saturated carbocycles. The largest absolute Gasteiger partial charge is 0.497 e. The molecule has 29 heavy (non-hydrogen) atoms. The number of hydrogen-bond donors (Lipinski definition) is 1. The van der Waals surface area contributed by atoms with Crippen molar-refractivity contribution in [2.75, 3.05) is 20.8 Å². The third-order valence-corrected chi connectivity index (χ3v) is 5.48. The number of ketones is 1. The molecule has 1 aliphatic carbocycles. The summed E-state index contributed by atoms with van der Waals surface area (Å²) < 4.78 is 16.3. The standard InChI is InChI=1S/C23H29NO5/c1-7-29-22(26)19-13(2)24-16-11-23(3,4)12-17(25)21(16)20(19)15-10-14(27-5)8-9-18(15)28-6/h8-10,20,24H,7,11-12H2,1-6H3/t20-/m1/s1. The molecule has 1 aromatic carbocycles. The zero-order valence-electron chi connectivity index (χ0n) is 18.0.